The van der Waals surface area contributed by atoms with Gasteiger partial charge in [-0.2, -0.15) is 0 Å². The molecule has 0 amide bonds. The zero-order chi connectivity index (χ0) is 20.2. The summed E-state index contributed by atoms with van der Waals surface area (Å²) in [4.78, 5) is 12.9. The summed E-state index contributed by atoms with van der Waals surface area (Å²) in [5, 5.41) is 9.15. The SMILES string of the molecule is CCCCCCCCCCCCCCCCCCCCC(C(=O)O)N(C)C. The van der Waals surface area contributed by atoms with Crippen molar-refractivity contribution in [1.82, 2.24) is 4.90 Å². The topological polar surface area (TPSA) is 40.5 Å². The maximum absolute atomic E-state index is 11.1. The van der Waals surface area contributed by atoms with Gasteiger partial charge in [-0.05, 0) is 20.5 Å². The highest BCUT2D eigenvalue weighted by atomic mass is 16.4. The van der Waals surface area contributed by atoms with Gasteiger partial charge < -0.3 is 5.11 Å². The molecule has 0 aromatic carbocycles. The van der Waals surface area contributed by atoms with E-state index in [-0.39, 0.29) is 6.04 Å². The molecule has 0 aliphatic heterocycles. The molecule has 162 valence electrons. The van der Waals surface area contributed by atoms with Gasteiger partial charge in [-0.3, -0.25) is 9.69 Å². The van der Waals surface area contributed by atoms with Crippen LogP contribution in [-0.2, 0) is 4.79 Å². The summed E-state index contributed by atoms with van der Waals surface area (Å²) in [6.45, 7) is 2.28. The lowest BCUT2D eigenvalue weighted by Crippen LogP contribution is -2.35. The number of unbranched alkanes of at least 4 members (excludes halogenated alkanes) is 17. The predicted molar refractivity (Wildman–Crippen MR) is 119 cm³/mol. The standard InChI is InChI=1S/C24H49NO2/c1-4-5-6-7-8-9-10-11-12-13-14-15-16-17-18-19-20-21-22-23(24(26)27)25(2)3/h23H,4-22H2,1-3H3,(H,26,27). The van der Waals surface area contributed by atoms with E-state index in [1.807, 2.05) is 19.0 Å². The molecule has 0 aromatic heterocycles. The van der Waals surface area contributed by atoms with Gasteiger partial charge in [0.2, 0.25) is 0 Å². The minimum Gasteiger partial charge on any atom is -0.480 e. The van der Waals surface area contributed by atoms with Crippen LogP contribution in [0.1, 0.15) is 129 Å². The summed E-state index contributed by atoms with van der Waals surface area (Å²) in [6.07, 6.45) is 25.4. The highest BCUT2D eigenvalue weighted by molar-refractivity contribution is 5.73. The van der Waals surface area contributed by atoms with E-state index in [2.05, 4.69) is 6.92 Å². The average molecular weight is 384 g/mol. The molecule has 0 saturated carbocycles. The average Bonchev–Trinajstić information content (AvgIpc) is 2.63. The van der Waals surface area contributed by atoms with Crippen molar-refractivity contribution in [2.45, 2.75) is 135 Å². The Labute approximate surface area is 170 Å². The number of hydrogen-bond donors (Lipinski definition) is 1. The maximum Gasteiger partial charge on any atom is 0.320 e. The second-order valence-corrected chi connectivity index (χ2v) is 8.62. The van der Waals surface area contributed by atoms with Gasteiger partial charge in [-0.15, -0.1) is 0 Å². The first kappa shape index (κ1) is 26.4. The minimum atomic E-state index is -0.688. The van der Waals surface area contributed by atoms with Crippen molar-refractivity contribution in [3.63, 3.8) is 0 Å². The summed E-state index contributed by atoms with van der Waals surface area (Å²) in [6, 6.07) is -0.314. The summed E-state index contributed by atoms with van der Waals surface area (Å²) in [7, 11) is 3.71. The fourth-order valence-corrected chi connectivity index (χ4v) is 3.84. The number of carbonyl (C=O) groups is 1. The van der Waals surface area contributed by atoms with E-state index in [1.54, 1.807) is 0 Å². The molecule has 0 saturated heterocycles. The second kappa shape index (κ2) is 20.2. The first-order valence-corrected chi connectivity index (χ1v) is 12.0. The Balaban J connectivity index is 3.18. The summed E-state index contributed by atoms with van der Waals surface area (Å²) >= 11 is 0. The molecule has 0 rings (SSSR count). The Morgan fingerprint density at radius 3 is 1.19 bits per heavy atom. The van der Waals surface area contributed by atoms with Crippen LogP contribution in [-0.4, -0.2) is 36.1 Å². The third kappa shape index (κ3) is 18.6. The zero-order valence-electron chi connectivity index (χ0n) is 18.8. The first-order valence-electron chi connectivity index (χ1n) is 12.0. The lowest BCUT2D eigenvalue weighted by Gasteiger charge is -2.19. The number of hydrogen-bond acceptors (Lipinski definition) is 2. The molecule has 0 aromatic rings. The molecule has 3 nitrogen and oxygen atoms in total. The molecule has 0 heterocycles. The molecule has 0 aliphatic carbocycles. The van der Waals surface area contributed by atoms with Crippen LogP contribution in [0.15, 0.2) is 0 Å². The fraction of sp³-hybridized carbons (Fsp3) is 0.958. The molecule has 0 aliphatic rings. The van der Waals surface area contributed by atoms with Crippen LogP contribution in [0.25, 0.3) is 0 Å². The van der Waals surface area contributed by atoms with Gasteiger partial charge in [0.1, 0.15) is 6.04 Å². The molecular weight excluding hydrogens is 334 g/mol. The van der Waals surface area contributed by atoms with E-state index in [4.69, 9.17) is 5.11 Å². The summed E-state index contributed by atoms with van der Waals surface area (Å²) in [5.74, 6) is -0.688. The third-order valence-corrected chi connectivity index (χ3v) is 5.74. The van der Waals surface area contributed by atoms with Crippen molar-refractivity contribution in [3.8, 4) is 0 Å². The van der Waals surface area contributed by atoms with Gasteiger partial charge in [-0.1, -0.05) is 122 Å². The predicted octanol–water partition coefficient (Wildman–Crippen LogP) is 7.43. The van der Waals surface area contributed by atoms with Crippen molar-refractivity contribution in [1.29, 1.82) is 0 Å². The fourth-order valence-electron chi connectivity index (χ4n) is 3.84. The van der Waals surface area contributed by atoms with E-state index in [0.29, 0.717) is 0 Å². The molecule has 0 radical (unpaired) electrons. The van der Waals surface area contributed by atoms with Crippen molar-refractivity contribution in [3.05, 3.63) is 0 Å². The largest absolute Gasteiger partial charge is 0.480 e. The smallest absolute Gasteiger partial charge is 0.320 e. The minimum absolute atomic E-state index is 0.314. The molecule has 0 bridgehead atoms. The van der Waals surface area contributed by atoms with E-state index in [9.17, 15) is 4.79 Å². The Bertz CT molecular complexity index is 318. The van der Waals surface area contributed by atoms with Gasteiger partial charge in [0.15, 0.2) is 0 Å². The van der Waals surface area contributed by atoms with Crippen LogP contribution < -0.4 is 0 Å². The van der Waals surface area contributed by atoms with E-state index >= 15 is 0 Å². The van der Waals surface area contributed by atoms with E-state index < -0.39 is 5.97 Å². The lowest BCUT2D eigenvalue weighted by atomic mass is 10.0. The Morgan fingerprint density at radius 1 is 0.630 bits per heavy atom. The van der Waals surface area contributed by atoms with Crippen LogP contribution in [0.3, 0.4) is 0 Å². The maximum atomic E-state index is 11.1. The molecule has 3 heteroatoms. The Hall–Kier alpha value is -0.570. The number of rotatable bonds is 21. The number of carboxylic acid groups (broad SMARTS) is 1. The van der Waals surface area contributed by atoms with Crippen LogP contribution in [0.5, 0.6) is 0 Å². The van der Waals surface area contributed by atoms with Crippen molar-refractivity contribution < 1.29 is 9.90 Å². The van der Waals surface area contributed by atoms with E-state index in [1.165, 1.54) is 109 Å². The molecule has 27 heavy (non-hydrogen) atoms. The number of likely N-dealkylation sites (N-methyl/N-ethyl adjacent to an activating group) is 1. The molecule has 1 atom stereocenters. The Morgan fingerprint density at radius 2 is 0.926 bits per heavy atom. The van der Waals surface area contributed by atoms with Gasteiger partial charge in [0.25, 0.3) is 0 Å². The second-order valence-electron chi connectivity index (χ2n) is 8.62. The first-order chi connectivity index (χ1) is 13.1. The molecule has 1 unspecified atom stereocenters. The van der Waals surface area contributed by atoms with Crippen molar-refractivity contribution in [2.75, 3.05) is 14.1 Å². The van der Waals surface area contributed by atoms with Gasteiger partial charge in [-0.25, -0.2) is 0 Å². The Kier molecular flexibility index (Phi) is 19.7. The molecule has 0 spiro atoms. The zero-order valence-corrected chi connectivity index (χ0v) is 18.8. The van der Waals surface area contributed by atoms with Crippen LogP contribution in [0, 0.1) is 0 Å². The monoisotopic (exact) mass is 383 g/mol. The normalized spacial score (nSPS) is 12.6. The van der Waals surface area contributed by atoms with Gasteiger partial charge in [0, 0.05) is 0 Å². The van der Waals surface area contributed by atoms with Gasteiger partial charge in [0.05, 0.1) is 0 Å². The van der Waals surface area contributed by atoms with Crippen LogP contribution in [0.2, 0.25) is 0 Å². The van der Waals surface area contributed by atoms with Gasteiger partial charge >= 0.3 is 5.97 Å². The quantitative estimate of drug-likeness (QED) is 0.209. The van der Waals surface area contributed by atoms with E-state index in [0.717, 1.165) is 12.8 Å². The summed E-state index contributed by atoms with van der Waals surface area (Å²) < 4.78 is 0. The third-order valence-electron chi connectivity index (χ3n) is 5.74. The molecule has 1 N–H and O–H groups in total. The number of carboxylic acids is 1. The van der Waals surface area contributed by atoms with Crippen molar-refractivity contribution in [2.24, 2.45) is 0 Å². The summed E-state index contributed by atoms with van der Waals surface area (Å²) in [5.41, 5.74) is 0. The molecule has 0 fully saturated rings. The highest BCUT2D eigenvalue weighted by Gasteiger charge is 2.18. The lowest BCUT2D eigenvalue weighted by molar-refractivity contribution is -0.142. The molecular formula is C24H49NO2. The highest BCUT2D eigenvalue weighted by Crippen LogP contribution is 2.15. The van der Waals surface area contributed by atoms with Crippen LogP contribution in [0.4, 0.5) is 0 Å². The number of nitrogens with zero attached hydrogens (tertiary/aromatic N) is 1. The van der Waals surface area contributed by atoms with Crippen LogP contribution >= 0.6 is 0 Å². The number of aliphatic carboxylic acids is 1. The van der Waals surface area contributed by atoms with Crippen molar-refractivity contribution >= 4 is 5.97 Å².